The van der Waals surface area contributed by atoms with Gasteiger partial charge in [0.1, 0.15) is 53.9 Å². The summed E-state index contributed by atoms with van der Waals surface area (Å²) in [4.78, 5) is 79.8. The number of phenols is 1. The highest BCUT2D eigenvalue weighted by atomic mass is 32.1. The van der Waals surface area contributed by atoms with E-state index in [0.717, 1.165) is 112 Å². The summed E-state index contributed by atoms with van der Waals surface area (Å²) < 4.78 is 44.7. The molecule has 6 N–H and O–H groups in total. The highest BCUT2D eigenvalue weighted by Crippen LogP contribution is 2.44. The molecule has 22 heteroatoms. The summed E-state index contributed by atoms with van der Waals surface area (Å²) in [6, 6.07) is 11.9. The zero-order valence-electron chi connectivity index (χ0n) is 52.8. The molecular formula is C69H85F2N11O8S. The Balaban J connectivity index is 0.596. The number of nitrogens with one attached hydrogen (secondary N) is 4. The Labute approximate surface area is 534 Å². The molecule has 0 spiro atoms. The van der Waals surface area contributed by atoms with Gasteiger partial charge in [-0.05, 0) is 112 Å². The predicted octanol–water partition coefficient (Wildman–Crippen LogP) is 10.2. The van der Waals surface area contributed by atoms with Gasteiger partial charge in [0.15, 0.2) is 5.82 Å². The number of fused-ring (bicyclic) bond motifs is 5. The number of alkyl carbamates (subject to hydrolysis) is 1. The standard InChI is InChI=1S/C69H85F2N11O8S/c1-7-51-54(70)25-22-45-31-49(83)32-52(57(45)51)59-58(71)60-53(34-73-59)63(80-35-46-23-24-47(36-80)76-46)79-66(78-60)90-39-69-27-16-30-82(69)48(26-28-69)38-89-67(88)72-29-15-13-11-9-8-10-12-14-17-56(85)77-62(68(4,5)6)65(87)81-37-50(84)33-55(81)64(86)75-41(2)43-18-20-44(21-19-43)61-42(3)74-40-91-61/h1,18-22,25,31-32,34,40-41,46-48,50,55,62,76,83-84H,8-17,23-24,26-30,33,35-39H2,2-6H3,(H,72,88)(H,75,86)(H,77,85)/t41-,46?,47?,48?,50+,55-,62+,69?/m0/s1. The fraction of sp³-hybridized carbons (Fsp3) is 0.536. The summed E-state index contributed by atoms with van der Waals surface area (Å²) in [5.74, 6) is 0.378. The number of nitrogens with zero attached hydrogens (tertiary/aromatic N) is 7. The molecule has 5 fully saturated rings. The third-order valence-electron chi connectivity index (χ3n) is 19.2. The smallest absolute Gasteiger partial charge is 0.407 e. The highest BCUT2D eigenvalue weighted by molar-refractivity contribution is 7.13. The van der Waals surface area contributed by atoms with Crippen LogP contribution in [-0.4, -0.2) is 152 Å². The van der Waals surface area contributed by atoms with Crippen molar-refractivity contribution in [3.63, 3.8) is 0 Å². The van der Waals surface area contributed by atoms with Gasteiger partial charge in [0, 0.05) is 74.3 Å². The van der Waals surface area contributed by atoms with Crippen LogP contribution in [0.2, 0.25) is 0 Å². The van der Waals surface area contributed by atoms with E-state index in [9.17, 15) is 29.4 Å². The van der Waals surface area contributed by atoms with Crippen molar-refractivity contribution in [1.82, 2.24) is 51.0 Å². The first-order valence-corrected chi connectivity index (χ1v) is 33.3. The molecule has 5 aliphatic rings. The number of aromatic hydroxyl groups is 1. The van der Waals surface area contributed by atoms with Crippen LogP contribution >= 0.6 is 11.3 Å². The molecule has 3 aromatic heterocycles. The van der Waals surface area contributed by atoms with Gasteiger partial charge in [-0.15, -0.1) is 17.8 Å². The number of pyridine rings is 1. The molecule has 8 heterocycles. The number of thiazole rings is 1. The molecule has 3 aromatic carbocycles. The number of benzene rings is 3. The van der Waals surface area contributed by atoms with Gasteiger partial charge in [-0.25, -0.2) is 18.6 Å². The molecule has 4 unspecified atom stereocenters. The number of aliphatic hydroxyl groups excluding tert-OH is 1. The SMILES string of the molecule is C#Cc1c(F)ccc2cc(O)cc(-c3ncc4c(N5CC6CCC(C5)N6)nc(OCC56CCCN5C(COC(=O)NCCCCCCCCCCC(=O)N[C@H](C(=O)N5C[C@H](O)C[C@H]5C(=O)N[C@@H](C)c5ccc(-c7scnc7C)cc5)C(C)(C)C)CC6)nc4c3F)c12. The zero-order chi connectivity index (χ0) is 64.1. The number of hydrogen-bond acceptors (Lipinski definition) is 16. The number of ether oxygens (including phenoxy) is 2. The summed E-state index contributed by atoms with van der Waals surface area (Å²) >= 11 is 1.58. The number of aromatic nitrogens is 4. The monoisotopic (exact) mass is 1270 g/mol. The van der Waals surface area contributed by atoms with Gasteiger partial charge in [-0.2, -0.15) is 9.97 Å². The van der Waals surface area contributed by atoms with E-state index in [1.807, 2.05) is 64.4 Å². The van der Waals surface area contributed by atoms with Crippen LogP contribution in [0.3, 0.4) is 0 Å². The molecule has 5 aliphatic heterocycles. The summed E-state index contributed by atoms with van der Waals surface area (Å²) in [5, 5.41) is 35.1. The molecule has 11 rings (SSSR count). The molecule has 91 heavy (non-hydrogen) atoms. The number of carbonyl (C=O) groups is 4. The van der Waals surface area contributed by atoms with E-state index in [1.165, 1.54) is 35.4 Å². The van der Waals surface area contributed by atoms with Gasteiger partial charge in [0.25, 0.3) is 0 Å². The molecule has 484 valence electrons. The van der Waals surface area contributed by atoms with Crippen LogP contribution in [0.15, 0.2) is 60.2 Å². The third kappa shape index (κ3) is 14.5. The molecule has 0 radical (unpaired) electrons. The minimum atomic E-state index is -0.885. The first-order chi connectivity index (χ1) is 43.8. The predicted molar refractivity (Wildman–Crippen MR) is 346 cm³/mol. The number of carbonyl (C=O) groups excluding carboxylic acids is 4. The number of unbranched alkanes of at least 4 members (excludes halogenated alkanes) is 7. The lowest BCUT2D eigenvalue weighted by molar-refractivity contribution is -0.144. The maximum Gasteiger partial charge on any atom is 0.407 e. The van der Waals surface area contributed by atoms with Crippen molar-refractivity contribution in [2.75, 3.05) is 50.8 Å². The fourth-order valence-corrected chi connectivity index (χ4v) is 15.2. The number of likely N-dealkylation sites (tertiary alicyclic amines) is 1. The van der Waals surface area contributed by atoms with Gasteiger partial charge >= 0.3 is 12.1 Å². The quantitative estimate of drug-likeness (QED) is 0.0244. The molecule has 8 atom stereocenters. The van der Waals surface area contributed by atoms with Crippen LogP contribution in [0.25, 0.3) is 43.4 Å². The second-order valence-electron chi connectivity index (χ2n) is 26.7. The maximum absolute atomic E-state index is 17.2. The third-order valence-corrected chi connectivity index (χ3v) is 20.2. The Bertz CT molecular complexity index is 3680. The molecule has 0 saturated carbocycles. The number of terminal acetylenes is 1. The van der Waals surface area contributed by atoms with Crippen molar-refractivity contribution in [3.05, 3.63) is 88.7 Å². The van der Waals surface area contributed by atoms with Crippen LogP contribution in [0.4, 0.5) is 19.4 Å². The Kier molecular flexibility index (Phi) is 20.1. The number of halogens is 2. The average Bonchev–Trinajstić information content (AvgIpc) is 1.47. The summed E-state index contributed by atoms with van der Waals surface area (Å²) in [7, 11) is 0. The van der Waals surface area contributed by atoms with Crippen molar-refractivity contribution in [2.45, 2.75) is 185 Å². The number of piperazine rings is 1. The molecule has 2 bridgehead atoms. The van der Waals surface area contributed by atoms with E-state index >= 15 is 8.78 Å². The second-order valence-corrected chi connectivity index (χ2v) is 27.6. The maximum atomic E-state index is 17.2. The first-order valence-electron chi connectivity index (χ1n) is 32.5. The molecule has 5 saturated heterocycles. The number of amides is 4. The summed E-state index contributed by atoms with van der Waals surface area (Å²) in [5.41, 5.74) is 3.64. The van der Waals surface area contributed by atoms with Crippen LogP contribution in [-0.2, 0) is 19.1 Å². The first kappa shape index (κ1) is 64.9. The van der Waals surface area contributed by atoms with E-state index in [4.69, 9.17) is 25.9 Å². The Morgan fingerprint density at radius 3 is 2.37 bits per heavy atom. The van der Waals surface area contributed by atoms with Gasteiger partial charge in [0.05, 0.1) is 44.7 Å². The number of hydrogen-bond donors (Lipinski definition) is 6. The second kappa shape index (κ2) is 28.1. The van der Waals surface area contributed by atoms with Crippen molar-refractivity contribution < 1.29 is 47.6 Å². The highest BCUT2D eigenvalue weighted by Gasteiger charge is 2.51. The minimum absolute atomic E-state index is 0.00331. The lowest BCUT2D eigenvalue weighted by Gasteiger charge is -2.35. The van der Waals surface area contributed by atoms with Gasteiger partial charge in [-0.1, -0.05) is 95.5 Å². The van der Waals surface area contributed by atoms with E-state index in [2.05, 4.69) is 47.0 Å². The van der Waals surface area contributed by atoms with Gasteiger partial charge < -0.3 is 50.8 Å². The minimum Gasteiger partial charge on any atom is -0.508 e. The lowest BCUT2D eigenvalue weighted by atomic mass is 9.85. The molecule has 19 nitrogen and oxygen atoms in total. The van der Waals surface area contributed by atoms with Crippen LogP contribution < -0.4 is 30.9 Å². The summed E-state index contributed by atoms with van der Waals surface area (Å²) in [6.07, 6.45) is 19.2. The van der Waals surface area contributed by atoms with Crippen molar-refractivity contribution in [2.24, 2.45) is 5.41 Å². The lowest BCUT2D eigenvalue weighted by Crippen LogP contribution is -2.57. The molecule has 0 aliphatic carbocycles. The van der Waals surface area contributed by atoms with Crippen LogP contribution in [0.5, 0.6) is 11.8 Å². The van der Waals surface area contributed by atoms with Gasteiger partial charge in [0.2, 0.25) is 17.7 Å². The van der Waals surface area contributed by atoms with Crippen molar-refractivity contribution in [1.29, 1.82) is 0 Å². The number of aryl methyl sites for hydroxylation is 1. The van der Waals surface area contributed by atoms with Crippen molar-refractivity contribution in [3.8, 4) is 45.8 Å². The van der Waals surface area contributed by atoms with Crippen molar-refractivity contribution >= 4 is 62.6 Å². The Morgan fingerprint density at radius 2 is 1.66 bits per heavy atom. The van der Waals surface area contributed by atoms with E-state index < -0.39 is 41.3 Å². The van der Waals surface area contributed by atoms with Crippen LogP contribution in [0, 0.1) is 36.3 Å². The Hall–Kier alpha value is -7.58. The van der Waals surface area contributed by atoms with Gasteiger partial charge in [-0.3, -0.25) is 24.3 Å². The number of aliphatic hydroxyl groups is 1. The zero-order valence-corrected chi connectivity index (χ0v) is 53.6. The normalized spacial score (nSPS) is 22.0. The number of β-amino-alcohol motifs (C(OH)–C–C–N with tert-alkyl or cyclic N) is 1. The molecule has 6 aromatic rings. The fourth-order valence-electron chi connectivity index (χ4n) is 14.4. The summed E-state index contributed by atoms with van der Waals surface area (Å²) in [6.45, 7) is 12.6. The molecule has 4 amide bonds. The number of phenolic OH excluding ortho intramolecular Hbond substituents is 1. The largest absolute Gasteiger partial charge is 0.508 e. The number of anilines is 1. The topological polar surface area (TPSA) is 237 Å². The van der Waals surface area contributed by atoms with Crippen LogP contribution in [0.1, 0.15) is 153 Å². The van der Waals surface area contributed by atoms with E-state index in [0.29, 0.717) is 42.6 Å². The van der Waals surface area contributed by atoms with E-state index in [-0.39, 0.29) is 120 Å². The van der Waals surface area contributed by atoms with E-state index in [1.54, 1.807) is 11.3 Å². The Morgan fingerprint density at radius 1 is 0.923 bits per heavy atom. The average molecular weight is 1270 g/mol. The molecular weight excluding hydrogens is 1180 g/mol. The number of rotatable bonds is 24.